The predicted octanol–water partition coefficient (Wildman–Crippen LogP) is 0.528. The molecule has 1 rings (SSSR count). The molecule has 0 amide bonds. The molecule has 0 saturated carbocycles. The molecule has 0 fully saturated rings. The Balaban J connectivity index is 3.04. The third-order valence-electron chi connectivity index (χ3n) is 1.56. The first-order valence-electron chi connectivity index (χ1n) is 3.54. The van der Waals surface area contributed by atoms with Crippen LogP contribution in [0.25, 0.3) is 0 Å². The van der Waals surface area contributed by atoms with Gasteiger partial charge in [0.05, 0.1) is 5.56 Å². The van der Waals surface area contributed by atoms with Crippen LogP contribution in [0.3, 0.4) is 0 Å². The number of aliphatic hydroxyl groups excluding tert-OH is 1. The first-order valence-corrected chi connectivity index (χ1v) is 3.54. The van der Waals surface area contributed by atoms with Crippen molar-refractivity contribution in [3.05, 3.63) is 35.4 Å². The highest BCUT2D eigenvalue weighted by Gasteiger charge is 2.09. The molecule has 1 aromatic rings. The molecule has 0 saturated heterocycles. The van der Waals surface area contributed by atoms with E-state index in [1.807, 2.05) is 0 Å². The van der Waals surface area contributed by atoms with E-state index in [2.05, 4.69) is 0 Å². The third kappa shape index (κ3) is 2.13. The van der Waals surface area contributed by atoms with Crippen molar-refractivity contribution < 1.29 is 19.8 Å². The summed E-state index contributed by atoms with van der Waals surface area (Å²) in [6.45, 7) is 0. The lowest BCUT2D eigenvalue weighted by atomic mass is 10.1. The van der Waals surface area contributed by atoms with Crippen molar-refractivity contribution in [3.8, 4) is 0 Å². The minimum absolute atomic E-state index is 0.0341. The Labute approximate surface area is 74.4 Å². The number of aliphatic hydroxyl groups is 1. The molecule has 1 radical (unpaired) electrons. The lowest BCUT2D eigenvalue weighted by Crippen LogP contribution is -2.01. The number of benzene rings is 1. The van der Waals surface area contributed by atoms with Crippen molar-refractivity contribution in [2.24, 2.45) is 0 Å². The van der Waals surface area contributed by atoms with Crippen LogP contribution in [0.15, 0.2) is 24.3 Å². The Bertz CT molecular complexity index is 332. The molecule has 0 bridgehead atoms. The van der Waals surface area contributed by atoms with Crippen molar-refractivity contribution >= 4 is 12.3 Å². The summed E-state index contributed by atoms with van der Waals surface area (Å²) in [7, 11) is 0. The van der Waals surface area contributed by atoms with E-state index in [1.165, 1.54) is 30.6 Å². The van der Waals surface area contributed by atoms with Crippen molar-refractivity contribution in [2.75, 3.05) is 0 Å². The summed E-state index contributed by atoms with van der Waals surface area (Å²) in [6.07, 6.45) is -0.0157. The van der Waals surface area contributed by atoms with Gasteiger partial charge in [0.2, 0.25) is 6.29 Å². The summed E-state index contributed by atoms with van der Waals surface area (Å²) < 4.78 is 0. The van der Waals surface area contributed by atoms with Gasteiger partial charge >= 0.3 is 5.97 Å². The molecule has 0 spiro atoms. The molecular formula is C9H7O4. The minimum atomic E-state index is -1.38. The molecule has 0 heterocycles. The fourth-order valence-corrected chi connectivity index (χ4v) is 0.910. The zero-order valence-electron chi connectivity index (χ0n) is 6.60. The topological polar surface area (TPSA) is 74.6 Å². The van der Waals surface area contributed by atoms with Crippen molar-refractivity contribution in [2.45, 2.75) is 6.10 Å². The Morgan fingerprint density at radius 1 is 1.46 bits per heavy atom. The zero-order valence-corrected chi connectivity index (χ0v) is 6.60. The van der Waals surface area contributed by atoms with E-state index in [1.54, 1.807) is 0 Å². The normalized spacial score (nSPS) is 12.1. The second kappa shape index (κ2) is 3.82. The van der Waals surface area contributed by atoms with E-state index >= 15 is 0 Å². The van der Waals surface area contributed by atoms with Gasteiger partial charge in [0.25, 0.3) is 0 Å². The molecule has 0 aromatic heterocycles. The highest BCUT2D eigenvalue weighted by Crippen LogP contribution is 2.12. The Hall–Kier alpha value is -1.68. The van der Waals surface area contributed by atoms with Gasteiger partial charge in [-0.15, -0.1) is 0 Å². The summed E-state index contributed by atoms with van der Waals surface area (Å²) in [5.41, 5.74) is 0.265. The SMILES string of the molecule is O=[C]C(O)c1cccc(C(=O)O)c1. The summed E-state index contributed by atoms with van der Waals surface area (Å²) >= 11 is 0. The van der Waals surface area contributed by atoms with E-state index in [-0.39, 0.29) is 11.1 Å². The Morgan fingerprint density at radius 2 is 2.15 bits per heavy atom. The average Bonchev–Trinajstić information content (AvgIpc) is 2.17. The Kier molecular flexibility index (Phi) is 2.76. The molecule has 0 aliphatic carbocycles. The zero-order chi connectivity index (χ0) is 9.84. The molecule has 1 unspecified atom stereocenters. The van der Waals surface area contributed by atoms with Crippen LogP contribution in [-0.2, 0) is 4.79 Å². The van der Waals surface area contributed by atoms with Gasteiger partial charge in [-0.1, -0.05) is 12.1 Å². The van der Waals surface area contributed by atoms with Crippen LogP contribution < -0.4 is 0 Å². The van der Waals surface area contributed by atoms with Gasteiger partial charge in [0.15, 0.2) is 0 Å². The highest BCUT2D eigenvalue weighted by molar-refractivity contribution is 5.88. The molecule has 4 nitrogen and oxygen atoms in total. The maximum absolute atomic E-state index is 10.5. The average molecular weight is 179 g/mol. The largest absolute Gasteiger partial charge is 0.478 e. The number of rotatable bonds is 3. The molecule has 0 aliphatic rings. The predicted molar refractivity (Wildman–Crippen MR) is 44.1 cm³/mol. The number of carboxylic acids is 1. The standard InChI is InChI=1S/C9H7O4/c10-5-8(11)6-2-1-3-7(4-6)9(12)13/h1-4,8,11H,(H,12,13). The number of hydrogen-bond acceptors (Lipinski definition) is 3. The van der Waals surface area contributed by atoms with E-state index in [0.29, 0.717) is 0 Å². The van der Waals surface area contributed by atoms with Crippen LogP contribution in [0.4, 0.5) is 0 Å². The van der Waals surface area contributed by atoms with E-state index < -0.39 is 12.1 Å². The lowest BCUT2D eigenvalue weighted by Gasteiger charge is -2.02. The molecule has 2 N–H and O–H groups in total. The maximum atomic E-state index is 10.5. The first kappa shape index (κ1) is 9.41. The van der Waals surface area contributed by atoms with Gasteiger partial charge in [0, 0.05) is 0 Å². The molecule has 13 heavy (non-hydrogen) atoms. The van der Waals surface area contributed by atoms with E-state index in [0.717, 1.165) is 0 Å². The first-order chi connectivity index (χ1) is 6.15. The fourth-order valence-electron chi connectivity index (χ4n) is 0.910. The van der Waals surface area contributed by atoms with E-state index in [9.17, 15) is 9.59 Å². The van der Waals surface area contributed by atoms with Crippen LogP contribution in [0.5, 0.6) is 0 Å². The molecule has 0 aliphatic heterocycles. The number of aromatic carboxylic acids is 1. The lowest BCUT2D eigenvalue weighted by molar-refractivity contribution is 0.0696. The van der Waals surface area contributed by atoms with Crippen LogP contribution in [0, 0.1) is 0 Å². The highest BCUT2D eigenvalue weighted by atomic mass is 16.4. The van der Waals surface area contributed by atoms with Crippen molar-refractivity contribution in [1.29, 1.82) is 0 Å². The molecule has 1 atom stereocenters. The summed E-state index contributed by atoms with van der Waals surface area (Å²) in [5.74, 6) is -1.10. The van der Waals surface area contributed by atoms with Gasteiger partial charge in [-0.2, -0.15) is 0 Å². The second-order valence-corrected chi connectivity index (χ2v) is 2.45. The Morgan fingerprint density at radius 3 is 2.69 bits per heavy atom. The van der Waals surface area contributed by atoms with Gasteiger partial charge in [0.1, 0.15) is 6.10 Å². The molecule has 1 aromatic carbocycles. The minimum Gasteiger partial charge on any atom is -0.478 e. The smallest absolute Gasteiger partial charge is 0.335 e. The van der Waals surface area contributed by atoms with Crippen LogP contribution in [0.1, 0.15) is 22.0 Å². The molecule has 4 heteroatoms. The number of carbonyl (C=O) groups is 1. The van der Waals surface area contributed by atoms with Crippen LogP contribution in [0.2, 0.25) is 0 Å². The quantitative estimate of drug-likeness (QED) is 0.709. The summed E-state index contributed by atoms with van der Waals surface area (Å²) in [4.78, 5) is 20.5. The van der Waals surface area contributed by atoms with Crippen LogP contribution in [-0.4, -0.2) is 22.5 Å². The third-order valence-corrected chi connectivity index (χ3v) is 1.56. The van der Waals surface area contributed by atoms with Gasteiger partial charge in [-0.25, -0.2) is 4.79 Å². The second-order valence-electron chi connectivity index (χ2n) is 2.45. The summed E-state index contributed by atoms with van der Waals surface area (Å²) in [5, 5.41) is 17.6. The fraction of sp³-hybridized carbons (Fsp3) is 0.111. The van der Waals surface area contributed by atoms with Gasteiger partial charge in [-0.3, -0.25) is 4.79 Å². The number of carboxylic acid groups (broad SMARTS) is 1. The number of hydrogen-bond donors (Lipinski definition) is 2. The number of carbonyl (C=O) groups excluding carboxylic acids is 1. The molecule has 67 valence electrons. The van der Waals surface area contributed by atoms with Crippen LogP contribution >= 0.6 is 0 Å². The summed E-state index contributed by atoms with van der Waals surface area (Å²) in [6, 6.07) is 5.53. The van der Waals surface area contributed by atoms with Gasteiger partial charge < -0.3 is 10.2 Å². The van der Waals surface area contributed by atoms with E-state index in [4.69, 9.17) is 10.2 Å². The maximum Gasteiger partial charge on any atom is 0.335 e. The van der Waals surface area contributed by atoms with Crippen molar-refractivity contribution in [3.63, 3.8) is 0 Å². The molecular weight excluding hydrogens is 172 g/mol. The van der Waals surface area contributed by atoms with Gasteiger partial charge in [-0.05, 0) is 17.7 Å². The van der Waals surface area contributed by atoms with Crippen molar-refractivity contribution in [1.82, 2.24) is 0 Å². The monoisotopic (exact) mass is 179 g/mol.